The molecule has 24 heavy (non-hydrogen) atoms. The topological polar surface area (TPSA) is 44.7 Å². The maximum Gasteiger partial charge on any atom is 0.118 e. The van der Waals surface area contributed by atoms with Crippen LogP contribution >= 0.6 is 11.6 Å². The minimum atomic E-state index is -0.590. The van der Waals surface area contributed by atoms with E-state index >= 15 is 0 Å². The minimum absolute atomic E-state index is 0.235. The van der Waals surface area contributed by atoms with Gasteiger partial charge in [0, 0.05) is 13.6 Å². The third-order valence-electron chi connectivity index (χ3n) is 3.92. The van der Waals surface area contributed by atoms with Crippen LogP contribution in [-0.2, 0) is 0 Å². The lowest BCUT2D eigenvalue weighted by Gasteiger charge is -2.33. The molecule has 0 saturated heterocycles. The second-order valence-corrected chi connectivity index (χ2v) is 5.93. The van der Waals surface area contributed by atoms with Crippen LogP contribution in [0.3, 0.4) is 0 Å². The van der Waals surface area contributed by atoms with Gasteiger partial charge in [-0.15, -0.1) is 0 Å². The van der Waals surface area contributed by atoms with Crippen molar-refractivity contribution in [3.05, 3.63) is 59.1 Å². The first-order valence-electron chi connectivity index (χ1n) is 7.92. The third kappa shape index (κ3) is 4.55. The zero-order chi connectivity index (χ0) is 17.5. The van der Waals surface area contributed by atoms with Gasteiger partial charge in [0.05, 0.1) is 30.0 Å². The van der Waals surface area contributed by atoms with Crippen molar-refractivity contribution in [1.29, 1.82) is 0 Å². The van der Waals surface area contributed by atoms with Crippen LogP contribution in [0.15, 0.2) is 36.4 Å². The lowest BCUT2D eigenvalue weighted by Crippen LogP contribution is -2.40. The highest BCUT2D eigenvalue weighted by Gasteiger charge is 2.25. The number of benzene rings is 1. The van der Waals surface area contributed by atoms with Crippen molar-refractivity contribution >= 4 is 17.3 Å². The lowest BCUT2D eigenvalue weighted by molar-refractivity contribution is 0.141. The number of hydrogen-bond donors (Lipinski definition) is 2. The second-order valence-electron chi connectivity index (χ2n) is 5.52. The molecule has 5 heteroatoms. The normalized spacial score (nSPS) is 13.0. The van der Waals surface area contributed by atoms with E-state index < -0.39 is 6.10 Å². The molecule has 0 heterocycles. The van der Waals surface area contributed by atoms with Gasteiger partial charge in [-0.05, 0) is 48.5 Å². The van der Waals surface area contributed by atoms with Gasteiger partial charge in [0.25, 0.3) is 0 Å². The molecule has 0 amide bonds. The molecular weight excluding hydrogens is 324 g/mol. The van der Waals surface area contributed by atoms with E-state index in [9.17, 15) is 5.11 Å². The number of rotatable bonds is 8. The van der Waals surface area contributed by atoms with Crippen molar-refractivity contribution in [1.82, 2.24) is 5.32 Å². The molecule has 0 aromatic heterocycles. The molecule has 2 unspecified atom stereocenters. The summed E-state index contributed by atoms with van der Waals surface area (Å²) in [6.07, 6.45) is -0.590. The molecule has 0 aliphatic rings. The Hall–Kier alpha value is -1.93. The lowest BCUT2D eigenvalue weighted by atomic mass is 9.99. The maximum atomic E-state index is 10.7. The van der Waals surface area contributed by atoms with E-state index in [4.69, 9.17) is 16.3 Å². The predicted octanol–water partition coefficient (Wildman–Crippen LogP) is 3.10. The summed E-state index contributed by atoms with van der Waals surface area (Å²) in [7, 11) is 3.56. The van der Waals surface area contributed by atoms with Crippen LogP contribution in [0.1, 0.15) is 18.5 Å². The standard InChI is InChI=1S/C19H23ClN2O2/c1-4-21-13-18(23)19(14-5-11-17(24-3)12-6-14)22(2)16-9-7-15(20)8-10-16/h5-7,9,11-12,18-19,21,23H,4,13H2,1-3H3. The van der Waals surface area contributed by atoms with Crippen LogP contribution in [0.5, 0.6) is 5.75 Å². The quantitative estimate of drug-likeness (QED) is 0.771. The van der Waals surface area contributed by atoms with Crippen LogP contribution in [0, 0.1) is 12.1 Å². The summed E-state index contributed by atoms with van der Waals surface area (Å²) in [6.45, 7) is 3.31. The summed E-state index contributed by atoms with van der Waals surface area (Å²) in [4.78, 5) is 1.98. The Morgan fingerprint density at radius 2 is 1.92 bits per heavy atom. The maximum absolute atomic E-state index is 10.7. The molecule has 0 saturated carbocycles. The number of nitrogens with one attached hydrogen (secondary N) is 1. The molecule has 2 rings (SSSR count). The van der Waals surface area contributed by atoms with Crippen molar-refractivity contribution in [2.45, 2.75) is 19.1 Å². The fourth-order valence-electron chi connectivity index (χ4n) is 2.62. The third-order valence-corrected chi connectivity index (χ3v) is 4.14. The van der Waals surface area contributed by atoms with E-state index in [1.165, 1.54) is 0 Å². The zero-order valence-electron chi connectivity index (χ0n) is 14.2. The smallest absolute Gasteiger partial charge is 0.118 e. The highest BCUT2D eigenvalue weighted by atomic mass is 35.5. The Labute approximate surface area is 149 Å². The van der Waals surface area contributed by atoms with Gasteiger partial charge in [-0.2, -0.15) is 0 Å². The molecule has 0 bridgehead atoms. The number of nitrogens with zero attached hydrogens (tertiary/aromatic N) is 1. The average molecular weight is 347 g/mol. The van der Waals surface area contributed by atoms with Gasteiger partial charge in [0.1, 0.15) is 5.75 Å². The SMILES string of the molecule is CCNCC(O)C(c1ccc(OC)cc1)N(C)c1c#cc(Cl)cc1. The Morgan fingerprint density at radius 1 is 1.21 bits per heavy atom. The summed E-state index contributed by atoms with van der Waals surface area (Å²) in [6, 6.07) is 17.0. The van der Waals surface area contributed by atoms with Crippen LogP contribution in [-0.4, -0.2) is 38.5 Å². The average Bonchev–Trinajstić information content (AvgIpc) is 2.61. The molecule has 2 N–H and O–H groups in total. The Morgan fingerprint density at radius 3 is 2.46 bits per heavy atom. The van der Waals surface area contributed by atoms with E-state index in [-0.39, 0.29) is 6.04 Å². The van der Waals surface area contributed by atoms with Gasteiger partial charge >= 0.3 is 0 Å². The van der Waals surface area contributed by atoms with Crippen molar-refractivity contribution in [3.63, 3.8) is 0 Å². The highest BCUT2D eigenvalue weighted by Crippen LogP contribution is 2.29. The number of aliphatic hydroxyl groups is 1. The van der Waals surface area contributed by atoms with E-state index in [0.29, 0.717) is 11.6 Å². The van der Waals surface area contributed by atoms with Gasteiger partial charge in [0.2, 0.25) is 0 Å². The predicted molar refractivity (Wildman–Crippen MR) is 97.8 cm³/mol. The number of aliphatic hydroxyl groups excluding tert-OH is 1. The summed E-state index contributed by atoms with van der Waals surface area (Å²) < 4.78 is 5.22. The number of likely N-dealkylation sites (N-methyl/N-ethyl adjacent to an activating group) is 2. The van der Waals surface area contributed by atoms with Crippen LogP contribution in [0.25, 0.3) is 0 Å². The molecule has 0 spiro atoms. The first-order chi connectivity index (χ1) is 11.6. The van der Waals surface area contributed by atoms with Gasteiger partial charge in [0.15, 0.2) is 0 Å². The van der Waals surface area contributed by atoms with E-state index in [1.807, 2.05) is 49.2 Å². The Kier molecular flexibility index (Phi) is 6.74. The zero-order valence-corrected chi connectivity index (χ0v) is 15.0. The Bertz CT molecular complexity index is 616. The van der Waals surface area contributed by atoms with Crippen molar-refractivity contribution in [2.24, 2.45) is 0 Å². The van der Waals surface area contributed by atoms with Crippen LogP contribution in [0.4, 0.5) is 5.69 Å². The van der Waals surface area contributed by atoms with E-state index in [0.717, 1.165) is 23.5 Å². The molecule has 0 fully saturated rings. The molecule has 0 aliphatic heterocycles. The summed E-state index contributed by atoms with van der Waals surface area (Å²) in [5, 5.41) is 14.4. The van der Waals surface area contributed by atoms with Crippen molar-refractivity contribution in [2.75, 3.05) is 32.1 Å². The molecule has 4 nitrogen and oxygen atoms in total. The van der Waals surface area contributed by atoms with Crippen LogP contribution < -0.4 is 15.0 Å². The number of methoxy groups -OCH3 is 1. The van der Waals surface area contributed by atoms with E-state index in [1.54, 1.807) is 13.2 Å². The van der Waals surface area contributed by atoms with Crippen molar-refractivity contribution in [3.8, 4) is 5.75 Å². The first kappa shape index (κ1) is 18.4. The van der Waals surface area contributed by atoms with Gasteiger partial charge in [-0.25, -0.2) is 0 Å². The molecule has 2 atom stereocenters. The summed E-state index contributed by atoms with van der Waals surface area (Å²) in [5.74, 6) is 0.785. The van der Waals surface area contributed by atoms with Gasteiger partial charge in [-0.3, -0.25) is 0 Å². The van der Waals surface area contributed by atoms with Gasteiger partial charge < -0.3 is 20.1 Å². The number of hydrogen-bond acceptors (Lipinski definition) is 4. The van der Waals surface area contributed by atoms with Crippen molar-refractivity contribution < 1.29 is 9.84 Å². The van der Waals surface area contributed by atoms with E-state index in [2.05, 4.69) is 17.4 Å². The summed E-state index contributed by atoms with van der Waals surface area (Å²) >= 11 is 5.90. The molecular formula is C19H23ClN2O2. The molecule has 128 valence electrons. The largest absolute Gasteiger partial charge is 0.497 e. The molecule has 0 aliphatic carbocycles. The monoisotopic (exact) mass is 346 g/mol. The van der Waals surface area contributed by atoms with Crippen LogP contribution in [0.2, 0.25) is 5.02 Å². The second kappa shape index (κ2) is 8.79. The first-order valence-corrected chi connectivity index (χ1v) is 8.29. The fourth-order valence-corrected chi connectivity index (χ4v) is 2.73. The molecule has 0 radical (unpaired) electrons. The number of ether oxygens (including phenoxy) is 1. The Balaban J connectivity index is 2.31. The number of anilines is 1. The fraction of sp³-hybridized carbons (Fsp3) is 0.368. The highest BCUT2D eigenvalue weighted by molar-refractivity contribution is 6.30. The molecule has 2 aromatic carbocycles. The molecule has 2 aromatic rings. The van der Waals surface area contributed by atoms with Gasteiger partial charge in [-0.1, -0.05) is 30.7 Å². The minimum Gasteiger partial charge on any atom is -0.497 e. The number of halogens is 1. The summed E-state index contributed by atoms with van der Waals surface area (Å²) in [5.41, 5.74) is 1.81.